The molecule has 1 unspecified atom stereocenters. The van der Waals surface area contributed by atoms with Gasteiger partial charge in [-0.25, -0.2) is 0 Å². The summed E-state index contributed by atoms with van der Waals surface area (Å²) < 4.78 is 0.892. The normalized spacial score (nSPS) is 20.4. The van der Waals surface area contributed by atoms with Crippen molar-refractivity contribution in [3.63, 3.8) is 0 Å². The van der Waals surface area contributed by atoms with Crippen LogP contribution in [0.15, 0.2) is 22.7 Å². The van der Waals surface area contributed by atoms with E-state index in [1.54, 1.807) is 12.1 Å². The summed E-state index contributed by atoms with van der Waals surface area (Å²) in [6.45, 7) is 1.86. The number of anilines is 1. The van der Waals surface area contributed by atoms with E-state index >= 15 is 0 Å². The molecule has 4 nitrogen and oxygen atoms in total. The molecule has 0 spiro atoms. The lowest BCUT2D eigenvalue weighted by Gasteiger charge is -2.33. The first-order valence-corrected chi connectivity index (χ1v) is 6.47. The number of piperidine rings is 1. The van der Waals surface area contributed by atoms with E-state index < -0.39 is 5.91 Å². The molecule has 0 aromatic heterocycles. The number of hydrogen-bond acceptors (Lipinski definition) is 3. The number of halogens is 1. The Bertz CT molecular complexity index is 436. The van der Waals surface area contributed by atoms with Crippen molar-refractivity contribution in [2.24, 2.45) is 11.5 Å². The average Bonchev–Trinajstić information content (AvgIpc) is 2.28. The van der Waals surface area contributed by atoms with Gasteiger partial charge >= 0.3 is 0 Å². The van der Waals surface area contributed by atoms with Gasteiger partial charge in [-0.1, -0.05) is 0 Å². The van der Waals surface area contributed by atoms with Crippen LogP contribution in [0.4, 0.5) is 5.69 Å². The van der Waals surface area contributed by atoms with Gasteiger partial charge in [-0.3, -0.25) is 4.79 Å². The average molecular weight is 298 g/mol. The van der Waals surface area contributed by atoms with Crippen molar-refractivity contribution >= 4 is 27.5 Å². The molecule has 1 fully saturated rings. The minimum Gasteiger partial charge on any atom is -0.369 e. The molecule has 5 heteroatoms. The standard InChI is InChI=1S/C12H16BrN3O/c13-10-6-8(12(15)17)3-4-11(10)16-5-1-2-9(14)7-16/h3-4,6,9H,1-2,5,7,14H2,(H2,15,17). The van der Waals surface area contributed by atoms with E-state index in [1.807, 2.05) is 6.07 Å². The molecule has 1 aromatic rings. The predicted molar refractivity (Wildman–Crippen MR) is 72.1 cm³/mol. The van der Waals surface area contributed by atoms with E-state index in [0.29, 0.717) is 5.56 Å². The lowest BCUT2D eigenvalue weighted by molar-refractivity contribution is 0.100. The van der Waals surface area contributed by atoms with Gasteiger partial charge in [0, 0.05) is 29.2 Å². The summed E-state index contributed by atoms with van der Waals surface area (Å²) in [5, 5.41) is 0. The Morgan fingerprint density at radius 2 is 2.24 bits per heavy atom. The van der Waals surface area contributed by atoms with Crippen molar-refractivity contribution in [2.75, 3.05) is 18.0 Å². The number of primary amides is 1. The molecule has 1 heterocycles. The van der Waals surface area contributed by atoms with E-state index in [-0.39, 0.29) is 6.04 Å². The van der Waals surface area contributed by atoms with Crippen molar-refractivity contribution in [1.82, 2.24) is 0 Å². The van der Waals surface area contributed by atoms with Crippen LogP contribution in [0.5, 0.6) is 0 Å². The second-order valence-corrected chi connectivity index (χ2v) is 5.23. The van der Waals surface area contributed by atoms with Crippen LogP contribution in [-0.2, 0) is 0 Å². The molecule has 17 heavy (non-hydrogen) atoms. The molecule has 1 atom stereocenters. The Hall–Kier alpha value is -1.07. The smallest absolute Gasteiger partial charge is 0.248 e. The Kier molecular flexibility index (Phi) is 3.69. The van der Waals surface area contributed by atoms with Crippen LogP contribution < -0.4 is 16.4 Å². The molecule has 4 N–H and O–H groups in total. The molecule has 1 saturated heterocycles. The zero-order valence-corrected chi connectivity index (χ0v) is 11.1. The van der Waals surface area contributed by atoms with E-state index in [4.69, 9.17) is 11.5 Å². The molecule has 0 saturated carbocycles. The topological polar surface area (TPSA) is 72.4 Å². The fourth-order valence-electron chi connectivity index (χ4n) is 2.15. The summed E-state index contributed by atoms with van der Waals surface area (Å²) in [5.74, 6) is -0.410. The molecule has 1 aliphatic rings. The van der Waals surface area contributed by atoms with E-state index in [9.17, 15) is 4.79 Å². The van der Waals surface area contributed by atoms with Gasteiger partial charge in [0.2, 0.25) is 5.91 Å². The lowest BCUT2D eigenvalue weighted by atomic mass is 10.1. The Morgan fingerprint density at radius 3 is 2.82 bits per heavy atom. The Labute approximate surface area is 109 Å². The number of rotatable bonds is 2. The largest absolute Gasteiger partial charge is 0.369 e. The van der Waals surface area contributed by atoms with Crippen LogP contribution in [0, 0.1) is 0 Å². The number of nitrogens with two attached hydrogens (primary N) is 2. The number of nitrogens with zero attached hydrogens (tertiary/aromatic N) is 1. The Balaban J connectivity index is 2.23. The molecule has 92 valence electrons. The highest BCUT2D eigenvalue weighted by atomic mass is 79.9. The fraction of sp³-hybridized carbons (Fsp3) is 0.417. The van der Waals surface area contributed by atoms with Gasteiger partial charge in [-0.05, 0) is 47.0 Å². The van der Waals surface area contributed by atoms with Gasteiger partial charge in [0.1, 0.15) is 0 Å². The summed E-state index contributed by atoms with van der Waals surface area (Å²) >= 11 is 3.48. The first kappa shape index (κ1) is 12.4. The highest BCUT2D eigenvalue weighted by Crippen LogP contribution is 2.29. The zero-order valence-electron chi connectivity index (χ0n) is 9.53. The highest BCUT2D eigenvalue weighted by Gasteiger charge is 2.19. The van der Waals surface area contributed by atoms with Gasteiger partial charge < -0.3 is 16.4 Å². The molecular formula is C12H16BrN3O. The zero-order chi connectivity index (χ0) is 12.4. The molecule has 2 rings (SSSR count). The minimum absolute atomic E-state index is 0.228. The lowest BCUT2D eigenvalue weighted by Crippen LogP contribution is -2.43. The van der Waals surface area contributed by atoms with Crippen molar-refractivity contribution in [3.05, 3.63) is 28.2 Å². The number of carbonyl (C=O) groups excluding carboxylic acids is 1. The number of benzene rings is 1. The minimum atomic E-state index is -0.410. The summed E-state index contributed by atoms with van der Waals surface area (Å²) in [5.41, 5.74) is 12.8. The van der Waals surface area contributed by atoms with Crippen LogP contribution in [0.3, 0.4) is 0 Å². The van der Waals surface area contributed by atoms with Crippen molar-refractivity contribution in [1.29, 1.82) is 0 Å². The second-order valence-electron chi connectivity index (χ2n) is 4.38. The van der Waals surface area contributed by atoms with E-state index in [0.717, 1.165) is 36.1 Å². The second kappa shape index (κ2) is 5.06. The number of carbonyl (C=O) groups is 1. The molecule has 1 amide bonds. The maximum Gasteiger partial charge on any atom is 0.248 e. The van der Waals surface area contributed by atoms with Crippen LogP contribution in [0.2, 0.25) is 0 Å². The molecule has 1 aromatic carbocycles. The fourth-order valence-corrected chi connectivity index (χ4v) is 2.77. The Morgan fingerprint density at radius 1 is 1.47 bits per heavy atom. The van der Waals surface area contributed by atoms with Gasteiger partial charge in [0.05, 0.1) is 5.69 Å². The summed E-state index contributed by atoms with van der Waals surface area (Å²) in [6, 6.07) is 5.66. The molecule has 0 bridgehead atoms. The first-order valence-electron chi connectivity index (χ1n) is 5.68. The molecule has 0 radical (unpaired) electrons. The van der Waals surface area contributed by atoms with Gasteiger partial charge in [-0.15, -0.1) is 0 Å². The highest BCUT2D eigenvalue weighted by molar-refractivity contribution is 9.10. The van der Waals surface area contributed by atoms with Gasteiger partial charge in [-0.2, -0.15) is 0 Å². The summed E-state index contributed by atoms with van der Waals surface area (Å²) in [7, 11) is 0. The predicted octanol–water partition coefficient (Wildman–Crippen LogP) is 1.48. The van der Waals surface area contributed by atoms with Crippen LogP contribution in [0.1, 0.15) is 23.2 Å². The van der Waals surface area contributed by atoms with Gasteiger partial charge in [0.25, 0.3) is 0 Å². The number of hydrogen-bond donors (Lipinski definition) is 2. The van der Waals surface area contributed by atoms with E-state index in [1.165, 1.54) is 0 Å². The maximum absolute atomic E-state index is 11.1. The summed E-state index contributed by atoms with van der Waals surface area (Å²) in [6.07, 6.45) is 2.18. The first-order chi connectivity index (χ1) is 8.08. The summed E-state index contributed by atoms with van der Waals surface area (Å²) in [4.78, 5) is 13.3. The monoisotopic (exact) mass is 297 g/mol. The van der Waals surface area contributed by atoms with Crippen LogP contribution >= 0.6 is 15.9 Å². The van der Waals surface area contributed by atoms with E-state index in [2.05, 4.69) is 20.8 Å². The van der Waals surface area contributed by atoms with Crippen molar-refractivity contribution in [2.45, 2.75) is 18.9 Å². The third-order valence-corrected chi connectivity index (χ3v) is 3.67. The quantitative estimate of drug-likeness (QED) is 0.868. The van der Waals surface area contributed by atoms with Crippen molar-refractivity contribution < 1.29 is 4.79 Å². The van der Waals surface area contributed by atoms with Gasteiger partial charge in [0.15, 0.2) is 0 Å². The van der Waals surface area contributed by atoms with Crippen LogP contribution in [0.25, 0.3) is 0 Å². The van der Waals surface area contributed by atoms with Crippen molar-refractivity contribution in [3.8, 4) is 0 Å². The number of amides is 1. The molecule has 1 aliphatic heterocycles. The van der Waals surface area contributed by atoms with Crippen LogP contribution in [-0.4, -0.2) is 25.0 Å². The molecule has 0 aliphatic carbocycles. The maximum atomic E-state index is 11.1. The third-order valence-electron chi connectivity index (χ3n) is 3.03. The molecular weight excluding hydrogens is 282 g/mol. The third kappa shape index (κ3) is 2.79. The SMILES string of the molecule is NC(=O)c1ccc(N2CCCC(N)C2)c(Br)c1.